The van der Waals surface area contributed by atoms with Crippen molar-refractivity contribution in [2.24, 2.45) is 5.92 Å². The van der Waals surface area contributed by atoms with E-state index in [1.807, 2.05) is 24.3 Å². The number of ketones is 1. The number of allylic oxidation sites excluding steroid dienone is 1. The molecule has 2 rings (SSSR count). The molecule has 1 aromatic carbocycles. The Hall–Kier alpha value is -1.90. The second kappa shape index (κ2) is 9.16. The summed E-state index contributed by atoms with van der Waals surface area (Å²) in [7, 11) is 0. The number of nitrogens with one attached hydrogen (secondary N) is 2. The van der Waals surface area contributed by atoms with Gasteiger partial charge in [-0.3, -0.25) is 9.59 Å². The van der Waals surface area contributed by atoms with Crippen LogP contribution in [0.4, 0.5) is 5.13 Å². The van der Waals surface area contributed by atoms with Crippen molar-refractivity contribution in [3.8, 4) is 0 Å². The summed E-state index contributed by atoms with van der Waals surface area (Å²) in [6, 6.07) is 7.66. The maximum Gasteiger partial charge on any atom is 0.228 e. The van der Waals surface area contributed by atoms with E-state index in [2.05, 4.69) is 31.5 Å². The van der Waals surface area contributed by atoms with Gasteiger partial charge in [0.25, 0.3) is 0 Å². The number of aromatic nitrogens is 1. The van der Waals surface area contributed by atoms with Gasteiger partial charge in [-0.15, -0.1) is 0 Å². The molecule has 0 aliphatic heterocycles. The van der Waals surface area contributed by atoms with Gasteiger partial charge < -0.3 is 10.6 Å². The third kappa shape index (κ3) is 5.82. The maximum atomic E-state index is 12.4. The molecule has 0 saturated carbocycles. The summed E-state index contributed by atoms with van der Waals surface area (Å²) in [4.78, 5) is 28.9. The minimum Gasteiger partial charge on any atom is -0.308 e. The normalized spacial score (nSPS) is 11.0. The topological polar surface area (TPSA) is 71.1 Å². The lowest BCUT2D eigenvalue weighted by Crippen LogP contribution is -2.36. The highest BCUT2D eigenvalue weighted by Crippen LogP contribution is 2.24. The number of amides is 1. The second-order valence-electron chi connectivity index (χ2n) is 5.78. The van der Waals surface area contributed by atoms with Crippen LogP contribution in [0.5, 0.6) is 0 Å². The number of thiazole rings is 1. The summed E-state index contributed by atoms with van der Waals surface area (Å²) >= 11 is 9.70. The van der Waals surface area contributed by atoms with E-state index in [1.54, 1.807) is 26.8 Å². The van der Waals surface area contributed by atoms with Gasteiger partial charge >= 0.3 is 0 Å². The third-order valence-electron chi connectivity index (χ3n) is 3.28. The summed E-state index contributed by atoms with van der Waals surface area (Å²) in [5, 5.41) is 6.07. The van der Waals surface area contributed by atoms with Crippen molar-refractivity contribution in [1.82, 2.24) is 10.3 Å². The van der Waals surface area contributed by atoms with Crippen molar-refractivity contribution in [3.63, 3.8) is 0 Å². The molecule has 0 radical (unpaired) electrons. The minimum absolute atomic E-state index is 0.134. The van der Waals surface area contributed by atoms with Gasteiger partial charge in [-0.2, -0.15) is 0 Å². The van der Waals surface area contributed by atoms with Gasteiger partial charge in [0.1, 0.15) is 0 Å². The van der Waals surface area contributed by atoms with E-state index >= 15 is 0 Å². The fraction of sp³-hybridized carbons (Fsp3) is 0.222. The van der Waals surface area contributed by atoms with Gasteiger partial charge in [0.2, 0.25) is 5.91 Å². The van der Waals surface area contributed by atoms with Gasteiger partial charge in [0.15, 0.2) is 16.0 Å². The molecule has 0 spiro atoms. The average molecular weight is 452 g/mol. The summed E-state index contributed by atoms with van der Waals surface area (Å²) in [6.07, 6.45) is 3.28. The average Bonchev–Trinajstić information content (AvgIpc) is 2.92. The highest BCUT2D eigenvalue weighted by molar-refractivity contribution is 9.10. The van der Waals surface area contributed by atoms with Crippen molar-refractivity contribution in [1.29, 1.82) is 0 Å². The van der Waals surface area contributed by atoms with Crippen LogP contribution in [0, 0.1) is 12.8 Å². The zero-order valence-corrected chi connectivity index (χ0v) is 17.7. The van der Waals surface area contributed by atoms with E-state index in [0.717, 1.165) is 10.0 Å². The van der Waals surface area contributed by atoms with Crippen LogP contribution < -0.4 is 10.6 Å². The molecule has 26 heavy (non-hydrogen) atoms. The van der Waals surface area contributed by atoms with Crippen molar-refractivity contribution >= 4 is 67.5 Å². The van der Waals surface area contributed by atoms with Gasteiger partial charge in [0.05, 0.1) is 10.6 Å². The fourth-order valence-electron chi connectivity index (χ4n) is 1.92. The van der Waals surface area contributed by atoms with Crippen molar-refractivity contribution in [3.05, 3.63) is 50.9 Å². The number of carbonyl (C=O) groups excluding carboxylic acids is 2. The van der Waals surface area contributed by atoms with E-state index in [-0.39, 0.29) is 22.7 Å². The molecule has 0 unspecified atom stereocenters. The van der Waals surface area contributed by atoms with Crippen LogP contribution in [0.3, 0.4) is 0 Å². The lowest BCUT2D eigenvalue weighted by Gasteiger charge is -2.08. The Morgan fingerprint density at radius 3 is 2.73 bits per heavy atom. The van der Waals surface area contributed by atoms with Crippen molar-refractivity contribution < 1.29 is 9.59 Å². The summed E-state index contributed by atoms with van der Waals surface area (Å²) < 4.78 is 0.949. The van der Waals surface area contributed by atoms with Crippen LogP contribution in [0.2, 0.25) is 0 Å². The Morgan fingerprint density at radius 2 is 2.08 bits per heavy atom. The number of benzene rings is 1. The second-order valence-corrected chi connectivity index (χ2v) is 8.11. The Morgan fingerprint density at radius 1 is 1.35 bits per heavy atom. The number of aryl methyl sites for hydroxylation is 1. The van der Waals surface area contributed by atoms with E-state index in [9.17, 15) is 9.59 Å². The molecule has 0 fully saturated rings. The van der Waals surface area contributed by atoms with Crippen LogP contribution in [0.15, 0.2) is 34.8 Å². The summed E-state index contributed by atoms with van der Waals surface area (Å²) in [5.41, 5.74) is 1.53. The van der Waals surface area contributed by atoms with Gasteiger partial charge in [-0.25, -0.2) is 4.98 Å². The number of rotatable bonds is 5. The highest BCUT2D eigenvalue weighted by Gasteiger charge is 2.15. The van der Waals surface area contributed by atoms with Crippen LogP contribution in [0.25, 0.3) is 6.08 Å². The van der Waals surface area contributed by atoms with Gasteiger partial charge in [-0.1, -0.05) is 59.3 Å². The van der Waals surface area contributed by atoms with E-state index in [4.69, 9.17) is 12.2 Å². The fourth-order valence-corrected chi connectivity index (χ4v) is 3.49. The first-order chi connectivity index (χ1) is 12.3. The zero-order valence-electron chi connectivity index (χ0n) is 14.5. The molecule has 136 valence electrons. The number of hydrogen-bond donors (Lipinski definition) is 2. The lowest BCUT2D eigenvalue weighted by molar-refractivity contribution is -0.122. The Labute approximate surface area is 170 Å². The molecular weight excluding hydrogens is 434 g/mol. The monoisotopic (exact) mass is 451 g/mol. The zero-order chi connectivity index (χ0) is 19.3. The lowest BCUT2D eigenvalue weighted by atomic mass is 10.2. The standard InChI is InChI=1S/C18H18BrN3O2S2/c1-10(2)16(24)21-17(25)22-18-20-11(3)15(26-18)14(23)8-7-12-5-4-6-13(19)9-12/h4-10H,1-3H3,(H2,20,21,22,24,25)/b8-7+. The number of anilines is 1. The first-order valence-electron chi connectivity index (χ1n) is 7.83. The van der Waals surface area contributed by atoms with Crippen molar-refractivity contribution in [2.45, 2.75) is 20.8 Å². The Balaban J connectivity index is 2.06. The SMILES string of the molecule is Cc1nc(NC(=S)NC(=O)C(C)C)sc1C(=O)/C=C/c1cccc(Br)c1. The largest absolute Gasteiger partial charge is 0.308 e. The molecule has 0 bridgehead atoms. The van der Waals surface area contributed by atoms with E-state index < -0.39 is 0 Å². The summed E-state index contributed by atoms with van der Waals surface area (Å²) in [5.74, 6) is -0.484. The smallest absolute Gasteiger partial charge is 0.228 e. The first-order valence-corrected chi connectivity index (χ1v) is 9.85. The molecule has 2 aromatic rings. The summed E-state index contributed by atoms with van der Waals surface area (Å²) in [6.45, 7) is 5.32. The van der Waals surface area contributed by atoms with Crippen LogP contribution in [-0.2, 0) is 4.79 Å². The molecular formula is C18H18BrN3O2S2. The maximum absolute atomic E-state index is 12.4. The number of nitrogens with zero attached hydrogens (tertiary/aromatic N) is 1. The van der Waals surface area contributed by atoms with Crippen LogP contribution >= 0.6 is 39.5 Å². The predicted molar refractivity (Wildman–Crippen MR) is 114 cm³/mol. The predicted octanol–water partition coefficient (Wildman–Crippen LogP) is 4.58. The molecule has 0 saturated heterocycles. The molecule has 1 aromatic heterocycles. The first kappa shape index (κ1) is 20.4. The molecule has 1 amide bonds. The highest BCUT2D eigenvalue weighted by atomic mass is 79.9. The number of halogens is 1. The molecule has 2 N–H and O–H groups in total. The molecule has 0 aliphatic rings. The number of thiocarbonyl (C=S) groups is 1. The van der Waals surface area contributed by atoms with Crippen LogP contribution in [0.1, 0.15) is 34.8 Å². The van der Waals surface area contributed by atoms with Crippen LogP contribution in [-0.4, -0.2) is 21.8 Å². The quantitative estimate of drug-likeness (QED) is 0.395. The van der Waals surface area contributed by atoms with E-state index in [1.165, 1.54) is 17.4 Å². The molecule has 0 aliphatic carbocycles. The van der Waals surface area contributed by atoms with E-state index in [0.29, 0.717) is 15.7 Å². The van der Waals surface area contributed by atoms with Gasteiger partial charge in [0, 0.05) is 10.4 Å². The molecule has 1 heterocycles. The van der Waals surface area contributed by atoms with Crippen molar-refractivity contribution in [2.75, 3.05) is 5.32 Å². The van der Waals surface area contributed by atoms with Gasteiger partial charge in [-0.05, 0) is 42.9 Å². The Kier molecular flexibility index (Phi) is 7.19. The number of hydrogen-bond acceptors (Lipinski definition) is 5. The number of carbonyl (C=O) groups is 2. The third-order valence-corrected chi connectivity index (χ3v) is 5.06. The molecule has 8 heteroatoms. The Bertz CT molecular complexity index is 875. The minimum atomic E-state index is -0.177. The molecule has 0 atom stereocenters. The molecule has 5 nitrogen and oxygen atoms in total.